The van der Waals surface area contributed by atoms with E-state index in [1.807, 2.05) is 31.2 Å². The normalized spacial score (nSPS) is 11.5. The summed E-state index contributed by atoms with van der Waals surface area (Å²) < 4.78 is 37.7. The summed E-state index contributed by atoms with van der Waals surface area (Å²) in [5.74, 6) is -0.478. The number of carbonyl (C=O) groups excluding carboxylic acids is 1. The lowest BCUT2D eigenvalue weighted by molar-refractivity contribution is -0.161. The molecule has 0 aliphatic carbocycles. The number of alkyl halides is 3. The number of hydrogen-bond acceptors (Lipinski definition) is 2. The first kappa shape index (κ1) is 17.5. The molecule has 118 valence electrons. The number of carbonyl (C=O) groups is 1. The van der Waals surface area contributed by atoms with E-state index < -0.39 is 18.6 Å². The molecular formula is C15H21F3N2O. The van der Waals surface area contributed by atoms with Crippen molar-refractivity contribution in [2.45, 2.75) is 25.9 Å². The molecule has 6 heteroatoms. The highest BCUT2D eigenvalue weighted by Crippen LogP contribution is 2.17. The second-order valence-corrected chi connectivity index (χ2v) is 5.02. The first-order valence-electron chi connectivity index (χ1n) is 6.86. The van der Waals surface area contributed by atoms with Gasteiger partial charge in [0.1, 0.15) is 6.54 Å². The van der Waals surface area contributed by atoms with Gasteiger partial charge in [-0.3, -0.25) is 4.79 Å². The Hall–Kier alpha value is -1.56. The van der Waals surface area contributed by atoms with Crippen molar-refractivity contribution in [1.29, 1.82) is 0 Å². The van der Waals surface area contributed by atoms with Crippen LogP contribution in [-0.2, 0) is 11.2 Å². The van der Waals surface area contributed by atoms with Gasteiger partial charge in [0, 0.05) is 19.5 Å². The van der Waals surface area contributed by atoms with Gasteiger partial charge in [-0.2, -0.15) is 13.2 Å². The lowest BCUT2D eigenvalue weighted by atomic mass is 10.1. The highest BCUT2D eigenvalue weighted by molar-refractivity contribution is 5.76. The first-order chi connectivity index (χ1) is 9.81. The van der Waals surface area contributed by atoms with Crippen LogP contribution in [0.15, 0.2) is 24.3 Å². The number of nitrogens with one attached hydrogen (secondary N) is 1. The van der Waals surface area contributed by atoms with Crippen molar-refractivity contribution >= 4 is 5.91 Å². The van der Waals surface area contributed by atoms with Gasteiger partial charge in [-0.05, 0) is 26.0 Å². The monoisotopic (exact) mass is 302 g/mol. The fraction of sp³-hybridized carbons (Fsp3) is 0.533. The van der Waals surface area contributed by atoms with Gasteiger partial charge < -0.3 is 10.2 Å². The number of halogens is 3. The van der Waals surface area contributed by atoms with Gasteiger partial charge >= 0.3 is 6.18 Å². The predicted octanol–water partition coefficient (Wildman–Crippen LogP) is 2.54. The smallest absolute Gasteiger partial charge is 0.333 e. The van der Waals surface area contributed by atoms with E-state index in [-0.39, 0.29) is 13.0 Å². The summed E-state index contributed by atoms with van der Waals surface area (Å²) in [5, 5.41) is 2.77. The molecule has 0 saturated heterocycles. The van der Waals surface area contributed by atoms with Crippen LogP contribution in [0.25, 0.3) is 0 Å². The Kier molecular flexibility index (Phi) is 6.68. The van der Waals surface area contributed by atoms with Crippen molar-refractivity contribution in [3.8, 4) is 0 Å². The number of aryl methyl sites for hydroxylation is 1. The standard InChI is InChI=1S/C15H21F3N2O/c1-12-3-5-13(6-4-12)8-10-20(11-15(16,17)18)14(21)7-9-19-2/h3-6,19H,7-11H2,1-2H3. The van der Waals surface area contributed by atoms with Crippen LogP contribution in [0.3, 0.4) is 0 Å². The van der Waals surface area contributed by atoms with Gasteiger partial charge in [0.05, 0.1) is 0 Å². The van der Waals surface area contributed by atoms with Crippen LogP contribution in [0.2, 0.25) is 0 Å². The second kappa shape index (κ2) is 8.02. The van der Waals surface area contributed by atoms with E-state index in [9.17, 15) is 18.0 Å². The molecule has 0 fully saturated rings. The van der Waals surface area contributed by atoms with Crippen LogP contribution in [0, 0.1) is 6.92 Å². The number of hydrogen-bond donors (Lipinski definition) is 1. The molecule has 0 aliphatic heterocycles. The highest BCUT2D eigenvalue weighted by atomic mass is 19.4. The SMILES string of the molecule is CNCCC(=O)N(CCc1ccc(C)cc1)CC(F)(F)F. The van der Waals surface area contributed by atoms with Crippen molar-refractivity contribution in [3.05, 3.63) is 35.4 Å². The molecule has 0 spiro atoms. The quantitative estimate of drug-likeness (QED) is 0.839. The summed E-state index contributed by atoms with van der Waals surface area (Å²) in [6.45, 7) is 1.20. The Bertz CT molecular complexity index is 443. The Morgan fingerprint density at radius 3 is 2.38 bits per heavy atom. The van der Waals surface area contributed by atoms with Gasteiger partial charge in [0.2, 0.25) is 5.91 Å². The molecule has 0 radical (unpaired) electrons. The molecule has 1 aromatic rings. The predicted molar refractivity (Wildman–Crippen MR) is 76.1 cm³/mol. The molecule has 0 saturated carbocycles. The Labute approximate surface area is 123 Å². The van der Waals surface area contributed by atoms with E-state index in [0.29, 0.717) is 13.0 Å². The molecule has 0 atom stereocenters. The van der Waals surface area contributed by atoms with Crippen LogP contribution in [0.5, 0.6) is 0 Å². The van der Waals surface area contributed by atoms with Crippen LogP contribution in [-0.4, -0.2) is 43.7 Å². The first-order valence-corrected chi connectivity index (χ1v) is 6.86. The molecule has 1 aromatic carbocycles. The van der Waals surface area contributed by atoms with Gasteiger partial charge in [0.15, 0.2) is 0 Å². The van der Waals surface area contributed by atoms with Crippen LogP contribution >= 0.6 is 0 Å². The van der Waals surface area contributed by atoms with Gasteiger partial charge in [-0.15, -0.1) is 0 Å². The summed E-state index contributed by atoms with van der Waals surface area (Å²) in [7, 11) is 1.66. The van der Waals surface area contributed by atoms with Crippen molar-refractivity contribution in [2.75, 3.05) is 26.7 Å². The second-order valence-electron chi connectivity index (χ2n) is 5.02. The number of rotatable bonds is 7. The summed E-state index contributed by atoms with van der Waals surface area (Å²) in [6.07, 6.45) is -3.88. The van der Waals surface area contributed by atoms with Crippen molar-refractivity contribution in [1.82, 2.24) is 10.2 Å². The molecule has 0 bridgehead atoms. The summed E-state index contributed by atoms with van der Waals surface area (Å²) >= 11 is 0. The highest BCUT2D eigenvalue weighted by Gasteiger charge is 2.32. The fourth-order valence-corrected chi connectivity index (χ4v) is 1.92. The van der Waals surface area contributed by atoms with Gasteiger partial charge in [-0.1, -0.05) is 29.8 Å². The minimum absolute atomic E-state index is 0.0699. The molecular weight excluding hydrogens is 281 g/mol. The fourth-order valence-electron chi connectivity index (χ4n) is 1.92. The van der Waals surface area contributed by atoms with E-state index in [4.69, 9.17) is 0 Å². The van der Waals surface area contributed by atoms with Crippen LogP contribution < -0.4 is 5.32 Å². The maximum absolute atomic E-state index is 12.6. The maximum atomic E-state index is 12.6. The summed E-state index contributed by atoms with van der Waals surface area (Å²) in [4.78, 5) is 12.7. The number of amides is 1. The van der Waals surface area contributed by atoms with Gasteiger partial charge in [0.25, 0.3) is 0 Å². The average molecular weight is 302 g/mol. The van der Waals surface area contributed by atoms with E-state index in [1.54, 1.807) is 7.05 Å². The van der Waals surface area contributed by atoms with Crippen LogP contribution in [0.1, 0.15) is 17.5 Å². The molecule has 1 amide bonds. The lowest BCUT2D eigenvalue weighted by Gasteiger charge is -2.24. The Morgan fingerprint density at radius 1 is 1.24 bits per heavy atom. The van der Waals surface area contributed by atoms with Crippen molar-refractivity contribution in [2.24, 2.45) is 0 Å². The average Bonchev–Trinajstić information content (AvgIpc) is 2.41. The summed E-state index contributed by atoms with van der Waals surface area (Å²) in [6, 6.07) is 7.57. The Balaban J connectivity index is 2.63. The third-order valence-corrected chi connectivity index (χ3v) is 3.10. The van der Waals surface area contributed by atoms with E-state index >= 15 is 0 Å². The zero-order valence-electron chi connectivity index (χ0n) is 12.3. The van der Waals surface area contributed by atoms with E-state index in [0.717, 1.165) is 16.0 Å². The zero-order valence-corrected chi connectivity index (χ0v) is 12.3. The molecule has 0 aliphatic rings. The zero-order chi connectivity index (χ0) is 15.9. The van der Waals surface area contributed by atoms with Crippen LogP contribution in [0.4, 0.5) is 13.2 Å². The Morgan fingerprint density at radius 2 is 1.86 bits per heavy atom. The molecule has 3 nitrogen and oxygen atoms in total. The van der Waals surface area contributed by atoms with E-state index in [2.05, 4.69) is 5.32 Å². The molecule has 0 aromatic heterocycles. The number of benzene rings is 1. The summed E-state index contributed by atoms with van der Waals surface area (Å²) in [5.41, 5.74) is 2.02. The molecule has 0 heterocycles. The minimum Gasteiger partial charge on any atom is -0.333 e. The lowest BCUT2D eigenvalue weighted by Crippen LogP contribution is -2.41. The van der Waals surface area contributed by atoms with E-state index in [1.165, 1.54) is 0 Å². The third-order valence-electron chi connectivity index (χ3n) is 3.10. The van der Waals surface area contributed by atoms with Crippen molar-refractivity contribution < 1.29 is 18.0 Å². The van der Waals surface area contributed by atoms with Gasteiger partial charge in [-0.25, -0.2) is 0 Å². The molecule has 1 rings (SSSR count). The number of nitrogens with zero attached hydrogens (tertiary/aromatic N) is 1. The van der Waals surface area contributed by atoms with Crippen molar-refractivity contribution in [3.63, 3.8) is 0 Å². The third kappa shape index (κ3) is 7.13. The topological polar surface area (TPSA) is 32.3 Å². The largest absolute Gasteiger partial charge is 0.406 e. The minimum atomic E-state index is -4.37. The molecule has 21 heavy (non-hydrogen) atoms. The molecule has 0 unspecified atom stereocenters. The molecule has 1 N–H and O–H groups in total. The maximum Gasteiger partial charge on any atom is 0.406 e.